The lowest BCUT2D eigenvalue weighted by Crippen LogP contribution is -2.50. The number of aromatic nitrogens is 1. The van der Waals surface area contributed by atoms with Gasteiger partial charge in [0.25, 0.3) is 0 Å². The number of para-hydroxylation sites is 1. The zero-order valence-corrected chi connectivity index (χ0v) is 17.4. The number of nitrogens with one attached hydrogen (secondary N) is 2. The molecule has 5 nitrogen and oxygen atoms in total. The summed E-state index contributed by atoms with van der Waals surface area (Å²) in [6.45, 7) is 6.81. The normalized spacial score (nSPS) is 12.3. The lowest BCUT2D eigenvalue weighted by molar-refractivity contribution is -0.137. The van der Waals surface area contributed by atoms with Crippen LogP contribution in [0.4, 0.5) is 0 Å². The second-order valence-corrected chi connectivity index (χ2v) is 8.24. The molecule has 0 fully saturated rings. The van der Waals surface area contributed by atoms with Crippen LogP contribution in [0.3, 0.4) is 0 Å². The van der Waals surface area contributed by atoms with Crippen molar-refractivity contribution in [3.63, 3.8) is 0 Å². The number of carbonyl (C=O) groups is 2. The Labute approximate surface area is 169 Å². The number of thiophene rings is 1. The number of benzene rings is 1. The van der Waals surface area contributed by atoms with Crippen LogP contribution in [0, 0.1) is 5.92 Å². The highest BCUT2D eigenvalue weighted by Gasteiger charge is 2.27. The fourth-order valence-electron chi connectivity index (χ4n) is 3.22. The molecule has 6 heteroatoms. The number of rotatable bonds is 8. The zero-order valence-electron chi connectivity index (χ0n) is 16.6. The number of aromatic amines is 1. The summed E-state index contributed by atoms with van der Waals surface area (Å²) < 4.78 is 0. The van der Waals surface area contributed by atoms with Crippen molar-refractivity contribution >= 4 is 34.1 Å². The molecule has 0 aliphatic carbocycles. The Balaban J connectivity index is 1.84. The van der Waals surface area contributed by atoms with Crippen LogP contribution in [0.5, 0.6) is 0 Å². The molecule has 148 valence electrons. The van der Waals surface area contributed by atoms with Gasteiger partial charge in [-0.25, -0.2) is 0 Å². The lowest BCUT2D eigenvalue weighted by Gasteiger charge is -2.27. The van der Waals surface area contributed by atoms with Crippen molar-refractivity contribution in [1.29, 1.82) is 0 Å². The number of fused-ring (bicyclic) bond motifs is 1. The summed E-state index contributed by atoms with van der Waals surface area (Å²) in [7, 11) is 0. The molecule has 0 aliphatic heterocycles. The predicted octanol–water partition coefficient (Wildman–Crippen LogP) is 3.96. The Morgan fingerprint density at radius 1 is 1.18 bits per heavy atom. The van der Waals surface area contributed by atoms with Gasteiger partial charge in [-0.2, -0.15) is 0 Å². The summed E-state index contributed by atoms with van der Waals surface area (Å²) in [6, 6.07) is 11.4. The number of nitrogens with zero attached hydrogens (tertiary/aromatic N) is 1. The van der Waals surface area contributed by atoms with E-state index in [4.69, 9.17) is 0 Å². The van der Waals surface area contributed by atoms with Crippen LogP contribution in [0.15, 0.2) is 48.0 Å². The molecule has 0 saturated heterocycles. The molecular formula is C22H27N3O2S. The first-order valence-corrected chi connectivity index (χ1v) is 10.5. The molecule has 0 spiro atoms. The molecule has 0 saturated carbocycles. The second kappa shape index (κ2) is 9.06. The number of likely N-dealkylation sites (N-methyl/N-ethyl adjacent to an activating group) is 1. The average molecular weight is 398 g/mol. The summed E-state index contributed by atoms with van der Waals surface area (Å²) in [5.41, 5.74) is 2.06. The van der Waals surface area contributed by atoms with E-state index < -0.39 is 6.04 Å². The largest absolute Gasteiger partial charge is 0.361 e. The maximum atomic E-state index is 13.3. The van der Waals surface area contributed by atoms with Gasteiger partial charge in [0.15, 0.2) is 0 Å². The van der Waals surface area contributed by atoms with Crippen LogP contribution in [-0.4, -0.2) is 34.3 Å². The van der Waals surface area contributed by atoms with Crippen molar-refractivity contribution in [2.45, 2.75) is 39.8 Å². The van der Waals surface area contributed by atoms with Gasteiger partial charge in [-0.05, 0) is 30.0 Å². The third-order valence-corrected chi connectivity index (χ3v) is 5.72. The maximum absolute atomic E-state index is 13.3. The highest BCUT2D eigenvalue weighted by atomic mass is 32.1. The highest BCUT2D eigenvalue weighted by molar-refractivity contribution is 7.09. The van der Waals surface area contributed by atoms with Crippen molar-refractivity contribution in [3.05, 3.63) is 58.4 Å². The fraction of sp³-hybridized carbons (Fsp3) is 0.364. The number of hydrogen-bond donors (Lipinski definition) is 2. The maximum Gasteiger partial charge on any atom is 0.245 e. The van der Waals surface area contributed by atoms with Gasteiger partial charge in [0.05, 0.1) is 6.54 Å². The van der Waals surface area contributed by atoms with Gasteiger partial charge >= 0.3 is 0 Å². The Hall–Kier alpha value is -2.60. The molecule has 3 rings (SSSR count). The van der Waals surface area contributed by atoms with Crippen LogP contribution in [0.25, 0.3) is 10.9 Å². The molecule has 3 aromatic rings. The summed E-state index contributed by atoms with van der Waals surface area (Å²) in [6.07, 6.45) is 2.39. The van der Waals surface area contributed by atoms with E-state index in [1.54, 1.807) is 11.3 Å². The Kier molecular flexibility index (Phi) is 6.52. The van der Waals surface area contributed by atoms with Gasteiger partial charge in [0.2, 0.25) is 11.8 Å². The van der Waals surface area contributed by atoms with E-state index >= 15 is 0 Å². The molecule has 2 amide bonds. The van der Waals surface area contributed by atoms with Crippen molar-refractivity contribution in [1.82, 2.24) is 15.2 Å². The first kappa shape index (κ1) is 20.1. The van der Waals surface area contributed by atoms with Crippen LogP contribution in [-0.2, 0) is 22.6 Å². The van der Waals surface area contributed by atoms with Crippen LogP contribution < -0.4 is 5.32 Å². The van der Waals surface area contributed by atoms with E-state index in [2.05, 4.69) is 10.3 Å². The first-order chi connectivity index (χ1) is 13.5. The molecule has 1 unspecified atom stereocenters. The topological polar surface area (TPSA) is 65.2 Å². The van der Waals surface area contributed by atoms with E-state index in [1.165, 1.54) is 0 Å². The average Bonchev–Trinajstić information content (AvgIpc) is 3.35. The van der Waals surface area contributed by atoms with Crippen molar-refractivity contribution in [2.24, 2.45) is 5.92 Å². The predicted molar refractivity (Wildman–Crippen MR) is 114 cm³/mol. The van der Waals surface area contributed by atoms with Gasteiger partial charge in [-0.15, -0.1) is 11.3 Å². The smallest absolute Gasteiger partial charge is 0.245 e. The van der Waals surface area contributed by atoms with E-state index in [1.807, 2.05) is 73.6 Å². The Morgan fingerprint density at radius 3 is 2.64 bits per heavy atom. The third-order valence-electron chi connectivity index (χ3n) is 4.86. The number of amides is 2. The quantitative estimate of drug-likeness (QED) is 0.604. The minimum Gasteiger partial charge on any atom is -0.361 e. The molecule has 2 heterocycles. The van der Waals surface area contributed by atoms with Crippen molar-refractivity contribution < 1.29 is 9.59 Å². The number of H-pyrrole nitrogens is 1. The standard InChI is InChI=1S/C22H27N3O2S/c1-4-25(14-17-8-7-11-28-17)22(27)20(24-21(26)15(2)3)12-16-13-23-19-10-6-5-9-18(16)19/h5-11,13,15,20,23H,4,12,14H2,1-3H3,(H,24,26). The van der Waals surface area contributed by atoms with E-state index in [-0.39, 0.29) is 17.7 Å². The van der Waals surface area contributed by atoms with Crippen LogP contribution in [0.2, 0.25) is 0 Å². The second-order valence-electron chi connectivity index (χ2n) is 7.21. The van der Waals surface area contributed by atoms with Gasteiger partial charge in [-0.1, -0.05) is 38.1 Å². The van der Waals surface area contributed by atoms with E-state index in [0.29, 0.717) is 19.5 Å². The lowest BCUT2D eigenvalue weighted by atomic mass is 10.0. The zero-order chi connectivity index (χ0) is 20.1. The molecule has 2 N–H and O–H groups in total. The number of carbonyl (C=O) groups excluding carboxylic acids is 2. The molecule has 0 aliphatic rings. The monoisotopic (exact) mass is 397 g/mol. The van der Waals surface area contributed by atoms with Gasteiger partial charge < -0.3 is 15.2 Å². The van der Waals surface area contributed by atoms with Gasteiger partial charge in [0.1, 0.15) is 6.04 Å². The SMILES string of the molecule is CCN(Cc1cccs1)C(=O)C(Cc1c[nH]c2ccccc12)NC(=O)C(C)C. The van der Waals surface area contributed by atoms with Crippen LogP contribution in [0.1, 0.15) is 31.2 Å². The Morgan fingerprint density at radius 2 is 1.96 bits per heavy atom. The molecule has 28 heavy (non-hydrogen) atoms. The summed E-state index contributed by atoms with van der Waals surface area (Å²) >= 11 is 1.64. The van der Waals surface area contributed by atoms with E-state index in [0.717, 1.165) is 21.3 Å². The summed E-state index contributed by atoms with van der Waals surface area (Å²) in [4.78, 5) is 31.9. The minimum atomic E-state index is -0.589. The van der Waals surface area contributed by atoms with E-state index in [9.17, 15) is 9.59 Å². The summed E-state index contributed by atoms with van der Waals surface area (Å²) in [5, 5.41) is 6.07. The first-order valence-electron chi connectivity index (χ1n) is 9.66. The minimum absolute atomic E-state index is 0.0461. The number of hydrogen-bond acceptors (Lipinski definition) is 3. The third kappa shape index (κ3) is 4.62. The van der Waals surface area contributed by atoms with Gasteiger partial charge in [0, 0.05) is 40.9 Å². The molecule has 1 aromatic carbocycles. The van der Waals surface area contributed by atoms with Gasteiger partial charge in [-0.3, -0.25) is 9.59 Å². The Bertz CT molecular complexity index is 930. The molecule has 0 radical (unpaired) electrons. The molecular weight excluding hydrogens is 370 g/mol. The molecule has 0 bridgehead atoms. The molecule has 1 atom stereocenters. The van der Waals surface area contributed by atoms with Crippen molar-refractivity contribution in [2.75, 3.05) is 6.54 Å². The highest BCUT2D eigenvalue weighted by Crippen LogP contribution is 2.20. The molecule has 2 aromatic heterocycles. The van der Waals surface area contributed by atoms with Crippen molar-refractivity contribution in [3.8, 4) is 0 Å². The summed E-state index contributed by atoms with van der Waals surface area (Å²) in [5.74, 6) is -0.328. The van der Waals surface area contributed by atoms with Crippen LogP contribution >= 0.6 is 11.3 Å². The fourth-order valence-corrected chi connectivity index (χ4v) is 3.93.